The van der Waals surface area contributed by atoms with E-state index in [1.807, 2.05) is 22.8 Å². The van der Waals surface area contributed by atoms with E-state index in [0.717, 1.165) is 10.2 Å². The number of carbonyl (C=O) groups is 1. The molecule has 0 saturated carbocycles. The van der Waals surface area contributed by atoms with Crippen molar-refractivity contribution in [3.05, 3.63) is 82.0 Å². The molecule has 140 valence electrons. The Morgan fingerprint density at radius 2 is 2.14 bits per heavy atom. The summed E-state index contributed by atoms with van der Waals surface area (Å²) in [5.41, 5.74) is 0.843. The minimum absolute atomic E-state index is 0.0983. The number of benzene rings is 2. The summed E-state index contributed by atoms with van der Waals surface area (Å²) in [7, 11) is 1.60. The third-order valence-electron chi connectivity index (χ3n) is 4.31. The van der Waals surface area contributed by atoms with E-state index in [9.17, 15) is 9.59 Å². The zero-order valence-electron chi connectivity index (χ0n) is 15.0. The lowest BCUT2D eigenvalue weighted by molar-refractivity contribution is 0.0995. The largest absolute Gasteiger partial charge is 0.497 e. The molecule has 0 aliphatic heterocycles. The number of nitrogens with zero attached hydrogens (tertiary/aromatic N) is 2. The maximum Gasteiger partial charge on any atom is 0.286 e. The summed E-state index contributed by atoms with van der Waals surface area (Å²) in [6.07, 6.45) is 2.90. The number of rotatable bonds is 4. The number of ether oxygens (including phenoxy) is 1. The molecule has 4 aromatic rings. The molecule has 2 heterocycles. The van der Waals surface area contributed by atoms with Crippen molar-refractivity contribution in [1.29, 1.82) is 0 Å². The second kappa shape index (κ2) is 7.28. The van der Waals surface area contributed by atoms with Gasteiger partial charge >= 0.3 is 0 Å². The van der Waals surface area contributed by atoms with E-state index in [2.05, 4.69) is 11.6 Å². The molecular formula is C21H16N2O4S. The van der Waals surface area contributed by atoms with E-state index in [1.54, 1.807) is 37.5 Å². The van der Waals surface area contributed by atoms with Gasteiger partial charge in [-0.3, -0.25) is 9.59 Å². The number of aromatic nitrogens is 1. The van der Waals surface area contributed by atoms with E-state index in [4.69, 9.17) is 9.15 Å². The van der Waals surface area contributed by atoms with Crippen LogP contribution in [0.15, 0.2) is 75.6 Å². The minimum atomic E-state index is -0.643. The predicted octanol–water partition coefficient (Wildman–Crippen LogP) is 3.74. The van der Waals surface area contributed by atoms with Crippen LogP contribution in [0, 0.1) is 0 Å². The van der Waals surface area contributed by atoms with E-state index >= 15 is 0 Å². The lowest BCUT2D eigenvalue weighted by Crippen LogP contribution is -2.19. The standard InChI is InChI=1S/C21H16N2O4S/c1-3-10-23-16-9-8-13(26-2)11-18(16)28-21(23)22-20(25)15-12-27-17-7-5-4-6-14(17)19(15)24/h3-9,11-12H,1,10H2,2H3. The van der Waals surface area contributed by atoms with Crippen LogP contribution in [0.2, 0.25) is 0 Å². The summed E-state index contributed by atoms with van der Waals surface area (Å²) in [4.78, 5) is 30.1. The monoisotopic (exact) mass is 392 g/mol. The molecule has 28 heavy (non-hydrogen) atoms. The molecule has 0 bridgehead atoms. The highest BCUT2D eigenvalue weighted by atomic mass is 32.1. The first-order valence-electron chi connectivity index (χ1n) is 8.50. The van der Waals surface area contributed by atoms with Gasteiger partial charge in [-0.2, -0.15) is 4.99 Å². The number of hydrogen-bond donors (Lipinski definition) is 0. The van der Waals surface area contributed by atoms with Crippen molar-refractivity contribution in [1.82, 2.24) is 4.57 Å². The van der Waals surface area contributed by atoms with Crippen molar-refractivity contribution >= 4 is 38.4 Å². The molecule has 4 rings (SSSR count). The molecule has 1 amide bonds. The summed E-state index contributed by atoms with van der Waals surface area (Å²) >= 11 is 1.34. The average molecular weight is 392 g/mol. The molecule has 0 aliphatic rings. The smallest absolute Gasteiger partial charge is 0.286 e. The zero-order valence-corrected chi connectivity index (χ0v) is 15.9. The van der Waals surface area contributed by atoms with E-state index in [1.165, 1.54) is 17.6 Å². The number of hydrogen-bond acceptors (Lipinski definition) is 5. The Morgan fingerprint density at radius 1 is 1.32 bits per heavy atom. The Kier molecular flexibility index (Phi) is 4.67. The lowest BCUT2D eigenvalue weighted by Gasteiger charge is -2.02. The Hall–Kier alpha value is -3.45. The van der Waals surface area contributed by atoms with Crippen molar-refractivity contribution in [3.8, 4) is 5.75 Å². The fourth-order valence-corrected chi connectivity index (χ4v) is 4.01. The predicted molar refractivity (Wildman–Crippen MR) is 109 cm³/mol. The number of fused-ring (bicyclic) bond motifs is 2. The Bertz CT molecular complexity index is 1340. The second-order valence-corrected chi connectivity index (χ2v) is 7.02. The highest BCUT2D eigenvalue weighted by molar-refractivity contribution is 7.16. The molecule has 6 nitrogen and oxygen atoms in total. The van der Waals surface area contributed by atoms with Crippen molar-refractivity contribution < 1.29 is 13.9 Å². The van der Waals surface area contributed by atoms with Gasteiger partial charge in [-0.05, 0) is 30.3 Å². The Labute approximate surface area is 163 Å². The van der Waals surface area contributed by atoms with Gasteiger partial charge in [0, 0.05) is 6.54 Å². The van der Waals surface area contributed by atoms with E-state index in [0.29, 0.717) is 28.1 Å². The molecule has 0 saturated heterocycles. The third kappa shape index (κ3) is 3.05. The molecule has 0 aliphatic carbocycles. The molecule has 2 aromatic heterocycles. The summed E-state index contributed by atoms with van der Waals surface area (Å²) in [5, 5.41) is 0.351. The number of methoxy groups -OCH3 is 1. The molecule has 0 atom stereocenters. The SMILES string of the molecule is C=CCn1c(=NC(=O)c2coc3ccccc3c2=O)sc2cc(OC)ccc21. The first-order valence-corrected chi connectivity index (χ1v) is 9.32. The normalized spacial score (nSPS) is 11.8. The number of para-hydroxylation sites is 1. The fraction of sp³-hybridized carbons (Fsp3) is 0.0952. The average Bonchev–Trinajstić information content (AvgIpc) is 3.04. The van der Waals surface area contributed by atoms with Crippen LogP contribution in [0.5, 0.6) is 5.75 Å². The van der Waals surface area contributed by atoms with Gasteiger partial charge in [0.2, 0.25) is 5.43 Å². The lowest BCUT2D eigenvalue weighted by atomic mass is 10.2. The van der Waals surface area contributed by atoms with Gasteiger partial charge in [0.05, 0.1) is 22.7 Å². The Balaban J connectivity index is 1.88. The van der Waals surface area contributed by atoms with Gasteiger partial charge in [-0.15, -0.1) is 6.58 Å². The van der Waals surface area contributed by atoms with Gasteiger partial charge in [0.15, 0.2) is 4.80 Å². The van der Waals surface area contributed by atoms with Crippen molar-refractivity contribution in [2.24, 2.45) is 4.99 Å². The summed E-state index contributed by atoms with van der Waals surface area (Å²) in [6, 6.07) is 12.4. The van der Waals surface area contributed by atoms with Crippen LogP contribution in [0.25, 0.3) is 21.2 Å². The van der Waals surface area contributed by atoms with Gasteiger partial charge in [0.1, 0.15) is 23.2 Å². The van der Waals surface area contributed by atoms with Crippen LogP contribution in [0.1, 0.15) is 10.4 Å². The minimum Gasteiger partial charge on any atom is -0.497 e. The van der Waals surface area contributed by atoms with Crippen molar-refractivity contribution in [2.75, 3.05) is 7.11 Å². The van der Waals surface area contributed by atoms with Crippen LogP contribution in [-0.4, -0.2) is 17.6 Å². The number of amides is 1. The molecule has 2 aromatic carbocycles. The van der Waals surface area contributed by atoms with Gasteiger partial charge in [0.25, 0.3) is 5.91 Å². The fourth-order valence-electron chi connectivity index (χ4n) is 2.94. The maximum absolute atomic E-state index is 12.8. The number of carbonyl (C=O) groups excluding carboxylic acids is 1. The first kappa shape index (κ1) is 17.9. The van der Waals surface area contributed by atoms with Crippen molar-refractivity contribution in [3.63, 3.8) is 0 Å². The van der Waals surface area contributed by atoms with E-state index < -0.39 is 11.3 Å². The van der Waals surface area contributed by atoms with Gasteiger partial charge in [-0.1, -0.05) is 29.5 Å². The van der Waals surface area contributed by atoms with Gasteiger partial charge in [-0.25, -0.2) is 0 Å². The molecular weight excluding hydrogens is 376 g/mol. The zero-order chi connectivity index (χ0) is 19.7. The van der Waals surface area contributed by atoms with Crippen LogP contribution in [-0.2, 0) is 6.54 Å². The van der Waals surface area contributed by atoms with Crippen LogP contribution in [0.3, 0.4) is 0 Å². The van der Waals surface area contributed by atoms with Crippen LogP contribution >= 0.6 is 11.3 Å². The molecule has 0 N–H and O–H groups in total. The third-order valence-corrected chi connectivity index (χ3v) is 5.35. The topological polar surface area (TPSA) is 73.8 Å². The maximum atomic E-state index is 12.8. The van der Waals surface area contributed by atoms with Crippen LogP contribution in [0.4, 0.5) is 0 Å². The van der Waals surface area contributed by atoms with Gasteiger partial charge < -0.3 is 13.7 Å². The number of allylic oxidation sites excluding steroid dienone is 1. The summed E-state index contributed by atoms with van der Waals surface area (Å²) in [5.74, 6) is 0.0726. The summed E-state index contributed by atoms with van der Waals surface area (Å²) < 4.78 is 13.5. The second-order valence-electron chi connectivity index (χ2n) is 6.01. The molecule has 0 radical (unpaired) electrons. The Morgan fingerprint density at radius 3 is 2.93 bits per heavy atom. The van der Waals surface area contributed by atoms with E-state index in [-0.39, 0.29) is 5.56 Å². The molecule has 0 unspecified atom stereocenters. The van der Waals surface area contributed by atoms with Crippen LogP contribution < -0.4 is 15.0 Å². The molecule has 7 heteroatoms. The highest BCUT2D eigenvalue weighted by Crippen LogP contribution is 2.23. The highest BCUT2D eigenvalue weighted by Gasteiger charge is 2.15. The number of thiazole rings is 1. The molecule has 0 spiro atoms. The molecule has 0 fully saturated rings. The quantitative estimate of drug-likeness (QED) is 0.496. The summed E-state index contributed by atoms with van der Waals surface area (Å²) in [6.45, 7) is 4.25. The first-order chi connectivity index (χ1) is 13.6. The van der Waals surface area contributed by atoms with Crippen molar-refractivity contribution in [2.45, 2.75) is 6.54 Å².